The van der Waals surface area contributed by atoms with Gasteiger partial charge in [0.15, 0.2) is 0 Å². The summed E-state index contributed by atoms with van der Waals surface area (Å²) in [5.41, 5.74) is 2.64. The summed E-state index contributed by atoms with van der Waals surface area (Å²) in [4.78, 5) is 30.4. The molecule has 2 amide bonds. The fourth-order valence-electron chi connectivity index (χ4n) is 5.96. The first-order chi connectivity index (χ1) is 16.9. The van der Waals surface area contributed by atoms with Crippen molar-refractivity contribution in [2.24, 2.45) is 5.92 Å². The molecule has 186 valence electrons. The lowest BCUT2D eigenvalue weighted by Gasteiger charge is -2.41. The monoisotopic (exact) mass is 477 g/mol. The lowest BCUT2D eigenvalue weighted by Crippen LogP contribution is -2.54. The Morgan fingerprint density at radius 2 is 1.77 bits per heavy atom. The van der Waals surface area contributed by atoms with Gasteiger partial charge in [-0.15, -0.1) is 0 Å². The summed E-state index contributed by atoms with van der Waals surface area (Å²) in [5, 5.41) is 3.10. The van der Waals surface area contributed by atoms with Gasteiger partial charge in [0, 0.05) is 49.4 Å². The van der Waals surface area contributed by atoms with Crippen molar-refractivity contribution in [2.75, 3.05) is 25.0 Å². The van der Waals surface area contributed by atoms with Gasteiger partial charge in [-0.1, -0.05) is 43.2 Å². The van der Waals surface area contributed by atoms with Gasteiger partial charge in [0.25, 0.3) is 0 Å². The number of benzene rings is 2. The lowest BCUT2D eigenvalue weighted by molar-refractivity contribution is -0.140. The summed E-state index contributed by atoms with van der Waals surface area (Å²) < 4.78 is 14.9. The van der Waals surface area contributed by atoms with Crippen molar-refractivity contribution < 1.29 is 14.0 Å². The molecule has 1 N–H and O–H groups in total. The number of carbonyl (C=O) groups excluding carboxylic acids is 2. The first-order valence-corrected chi connectivity index (χ1v) is 13.1. The number of carbonyl (C=O) groups is 2. The van der Waals surface area contributed by atoms with Crippen LogP contribution in [0.1, 0.15) is 62.1 Å². The van der Waals surface area contributed by atoms with Crippen LogP contribution in [0.25, 0.3) is 0 Å². The first-order valence-electron chi connectivity index (χ1n) is 13.1. The molecular weight excluding hydrogens is 441 g/mol. The molecule has 3 aliphatic rings. The number of rotatable bonds is 6. The number of halogens is 1. The van der Waals surface area contributed by atoms with Crippen LogP contribution in [-0.2, 0) is 21.5 Å². The standard InChI is InChI=1S/C29H36FN3O2/c1-20-18-32(16-17-33(20)27(34)22-8-6-7-9-22)19-24-21(2)26(13-12-25(24)30)31-28(35)29(14-15-29)23-10-4-3-5-11-23/h3-5,10-13,20,22H,6-9,14-19H2,1-2H3,(H,31,35)/t20-/m0/s1. The molecule has 1 heterocycles. The molecule has 0 aromatic heterocycles. The van der Waals surface area contributed by atoms with E-state index in [1.54, 1.807) is 6.07 Å². The van der Waals surface area contributed by atoms with E-state index in [0.717, 1.165) is 62.7 Å². The minimum absolute atomic E-state index is 0.0166. The van der Waals surface area contributed by atoms with Crippen molar-refractivity contribution in [3.63, 3.8) is 0 Å². The molecular formula is C29H36FN3O2. The summed E-state index contributed by atoms with van der Waals surface area (Å²) in [6, 6.07) is 13.2. The van der Waals surface area contributed by atoms with Crippen molar-refractivity contribution >= 4 is 17.5 Å². The van der Waals surface area contributed by atoms with Crippen LogP contribution in [-0.4, -0.2) is 47.3 Å². The highest BCUT2D eigenvalue weighted by Gasteiger charge is 2.51. The minimum Gasteiger partial charge on any atom is -0.337 e. The van der Waals surface area contributed by atoms with Gasteiger partial charge in [-0.3, -0.25) is 14.5 Å². The molecule has 0 spiro atoms. The van der Waals surface area contributed by atoms with Crippen molar-refractivity contribution in [3.8, 4) is 0 Å². The Morgan fingerprint density at radius 3 is 2.43 bits per heavy atom. The SMILES string of the molecule is Cc1c(NC(=O)C2(c3ccccc3)CC2)ccc(F)c1CN1CCN(C(=O)C2CCCC2)[C@@H](C)C1. The molecule has 2 aliphatic carbocycles. The zero-order valence-corrected chi connectivity index (χ0v) is 20.9. The number of anilines is 1. The van der Waals surface area contributed by atoms with Gasteiger partial charge in [-0.05, 0) is 62.8 Å². The predicted octanol–water partition coefficient (Wildman–Crippen LogP) is 5.03. The first kappa shape index (κ1) is 24.0. The van der Waals surface area contributed by atoms with Crippen molar-refractivity contribution in [2.45, 2.75) is 70.4 Å². The molecule has 0 radical (unpaired) electrons. The third-order valence-electron chi connectivity index (χ3n) is 8.38. The molecule has 35 heavy (non-hydrogen) atoms. The largest absolute Gasteiger partial charge is 0.337 e. The van der Waals surface area contributed by atoms with Gasteiger partial charge < -0.3 is 10.2 Å². The molecule has 2 aromatic rings. The van der Waals surface area contributed by atoms with E-state index in [-0.39, 0.29) is 23.7 Å². The highest BCUT2D eigenvalue weighted by Crippen LogP contribution is 2.49. The van der Waals surface area contributed by atoms with Gasteiger partial charge >= 0.3 is 0 Å². The van der Waals surface area contributed by atoms with Crippen LogP contribution >= 0.6 is 0 Å². The number of piperazine rings is 1. The Balaban J connectivity index is 1.26. The lowest BCUT2D eigenvalue weighted by atomic mass is 9.94. The minimum atomic E-state index is -0.472. The van der Waals surface area contributed by atoms with Gasteiger partial charge in [0.2, 0.25) is 11.8 Å². The van der Waals surface area contributed by atoms with Crippen molar-refractivity contribution in [1.82, 2.24) is 9.80 Å². The number of hydrogen-bond acceptors (Lipinski definition) is 3. The summed E-state index contributed by atoms with van der Waals surface area (Å²) >= 11 is 0. The smallest absolute Gasteiger partial charge is 0.235 e. The predicted molar refractivity (Wildman–Crippen MR) is 136 cm³/mol. The fourth-order valence-corrected chi connectivity index (χ4v) is 5.96. The molecule has 0 bridgehead atoms. The molecule has 5 rings (SSSR count). The molecule has 5 nitrogen and oxygen atoms in total. The van der Waals surface area contributed by atoms with Crippen LogP contribution in [0.4, 0.5) is 10.1 Å². The van der Waals surface area contributed by atoms with E-state index in [4.69, 9.17) is 0 Å². The average molecular weight is 478 g/mol. The highest BCUT2D eigenvalue weighted by molar-refractivity contribution is 6.02. The Labute approximate surface area is 207 Å². The summed E-state index contributed by atoms with van der Waals surface area (Å²) in [7, 11) is 0. The van der Waals surface area contributed by atoms with Gasteiger partial charge in [-0.25, -0.2) is 4.39 Å². The van der Waals surface area contributed by atoms with Crippen molar-refractivity contribution in [1.29, 1.82) is 0 Å². The second-order valence-electron chi connectivity index (χ2n) is 10.7. The average Bonchev–Trinajstić information content (AvgIpc) is 3.50. The zero-order valence-electron chi connectivity index (χ0n) is 20.9. The molecule has 1 aliphatic heterocycles. The van der Waals surface area contributed by atoms with Gasteiger partial charge in [0.05, 0.1) is 5.41 Å². The maximum atomic E-state index is 14.9. The summed E-state index contributed by atoms with van der Waals surface area (Å²) in [5.74, 6) is 0.225. The number of nitrogens with one attached hydrogen (secondary N) is 1. The van der Waals surface area contributed by atoms with Gasteiger partial charge in [0.1, 0.15) is 5.82 Å². The fraction of sp³-hybridized carbons (Fsp3) is 0.517. The van der Waals surface area contributed by atoms with Gasteiger partial charge in [-0.2, -0.15) is 0 Å². The summed E-state index contributed by atoms with van der Waals surface area (Å²) in [6.45, 7) is 6.60. The molecule has 2 aromatic carbocycles. The van der Waals surface area contributed by atoms with Crippen LogP contribution in [0.5, 0.6) is 0 Å². The van der Waals surface area contributed by atoms with Crippen LogP contribution in [0.2, 0.25) is 0 Å². The molecule has 1 saturated heterocycles. The molecule has 1 atom stereocenters. The second-order valence-corrected chi connectivity index (χ2v) is 10.7. The third-order valence-corrected chi connectivity index (χ3v) is 8.38. The normalized spacial score (nSPS) is 22.3. The topological polar surface area (TPSA) is 52.7 Å². The van der Waals surface area contributed by atoms with E-state index in [0.29, 0.717) is 30.2 Å². The molecule has 2 saturated carbocycles. The number of nitrogens with zero attached hydrogens (tertiary/aromatic N) is 2. The Bertz CT molecular complexity index is 1090. The maximum absolute atomic E-state index is 14.9. The van der Waals surface area contributed by atoms with Crippen LogP contribution < -0.4 is 5.32 Å². The Hall–Kier alpha value is -2.73. The van der Waals surface area contributed by atoms with E-state index >= 15 is 0 Å². The zero-order chi connectivity index (χ0) is 24.6. The molecule has 0 unspecified atom stereocenters. The quantitative estimate of drug-likeness (QED) is 0.635. The van der Waals surface area contributed by atoms with Crippen LogP contribution in [0.15, 0.2) is 42.5 Å². The Kier molecular flexibility index (Phi) is 6.67. The van der Waals surface area contributed by atoms with E-state index in [9.17, 15) is 14.0 Å². The van der Waals surface area contributed by atoms with Crippen LogP contribution in [0, 0.1) is 18.7 Å². The molecule has 6 heteroatoms. The van der Waals surface area contributed by atoms with E-state index < -0.39 is 5.41 Å². The second kappa shape index (κ2) is 9.73. The molecule has 3 fully saturated rings. The van der Waals surface area contributed by atoms with E-state index in [2.05, 4.69) is 17.1 Å². The maximum Gasteiger partial charge on any atom is 0.235 e. The van der Waals surface area contributed by atoms with E-state index in [1.807, 2.05) is 42.2 Å². The Morgan fingerprint density at radius 1 is 1.06 bits per heavy atom. The van der Waals surface area contributed by atoms with Crippen LogP contribution in [0.3, 0.4) is 0 Å². The number of hydrogen-bond donors (Lipinski definition) is 1. The number of amides is 2. The van der Waals surface area contributed by atoms with Crippen molar-refractivity contribution in [3.05, 3.63) is 65.0 Å². The van der Waals surface area contributed by atoms with E-state index in [1.165, 1.54) is 6.07 Å². The summed E-state index contributed by atoms with van der Waals surface area (Å²) in [6.07, 6.45) is 6.00. The highest BCUT2D eigenvalue weighted by atomic mass is 19.1. The third kappa shape index (κ3) is 4.73.